The molecule has 0 radical (unpaired) electrons. The van der Waals surface area contributed by atoms with Crippen LogP contribution in [0.2, 0.25) is 0 Å². The second-order valence-electron chi connectivity index (χ2n) is 6.83. The largest absolute Gasteiger partial charge is 0.478 e. The highest BCUT2D eigenvalue weighted by Crippen LogP contribution is 2.27. The zero-order chi connectivity index (χ0) is 21.8. The average molecular weight is 412 g/mol. The maximum absolute atomic E-state index is 14.1. The molecular weight excluding hydrogens is 395 g/mol. The van der Waals surface area contributed by atoms with Crippen molar-refractivity contribution in [2.75, 3.05) is 5.32 Å². The SMILES string of the molecule is O=C(Nc1cc(-c2ccccc2)ccc1C(=O)O)c1cncc(-c2ccccc2F)c1. The molecule has 0 spiro atoms. The van der Waals surface area contributed by atoms with E-state index in [-0.39, 0.29) is 16.8 Å². The topological polar surface area (TPSA) is 79.3 Å². The van der Waals surface area contributed by atoms with E-state index in [1.807, 2.05) is 30.3 Å². The molecule has 1 aromatic heterocycles. The van der Waals surface area contributed by atoms with Gasteiger partial charge in [-0.25, -0.2) is 9.18 Å². The van der Waals surface area contributed by atoms with E-state index in [0.29, 0.717) is 11.1 Å². The molecule has 1 heterocycles. The highest BCUT2D eigenvalue weighted by Gasteiger charge is 2.16. The van der Waals surface area contributed by atoms with E-state index in [9.17, 15) is 19.1 Å². The summed E-state index contributed by atoms with van der Waals surface area (Å²) in [5, 5.41) is 12.2. The van der Waals surface area contributed by atoms with Crippen molar-refractivity contribution < 1.29 is 19.1 Å². The van der Waals surface area contributed by atoms with Gasteiger partial charge >= 0.3 is 5.97 Å². The fraction of sp³-hybridized carbons (Fsp3) is 0. The van der Waals surface area contributed by atoms with Crippen LogP contribution in [-0.4, -0.2) is 22.0 Å². The van der Waals surface area contributed by atoms with E-state index in [1.165, 1.54) is 30.6 Å². The molecule has 0 saturated heterocycles. The quantitative estimate of drug-likeness (QED) is 0.453. The number of nitrogens with zero attached hydrogens (tertiary/aromatic N) is 1. The van der Waals surface area contributed by atoms with Gasteiger partial charge in [0, 0.05) is 23.5 Å². The van der Waals surface area contributed by atoms with Crippen molar-refractivity contribution in [2.24, 2.45) is 0 Å². The summed E-state index contributed by atoms with van der Waals surface area (Å²) in [6.07, 6.45) is 2.81. The molecule has 2 N–H and O–H groups in total. The smallest absolute Gasteiger partial charge is 0.337 e. The number of carbonyl (C=O) groups excluding carboxylic acids is 1. The number of halogens is 1. The number of aromatic carboxylic acids is 1. The van der Waals surface area contributed by atoms with Crippen molar-refractivity contribution >= 4 is 17.6 Å². The van der Waals surface area contributed by atoms with Gasteiger partial charge in [-0.15, -0.1) is 0 Å². The normalized spacial score (nSPS) is 10.5. The van der Waals surface area contributed by atoms with Gasteiger partial charge in [0.15, 0.2) is 0 Å². The number of carboxylic acids is 1. The van der Waals surface area contributed by atoms with Gasteiger partial charge in [-0.3, -0.25) is 9.78 Å². The summed E-state index contributed by atoms with van der Waals surface area (Å²) in [5.41, 5.74) is 2.73. The Kier molecular flexibility index (Phi) is 5.53. The Hall–Kier alpha value is -4.32. The van der Waals surface area contributed by atoms with Crippen molar-refractivity contribution in [3.63, 3.8) is 0 Å². The van der Waals surface area contributed by atoms with Crippen LogP contribution < -0.4 is 5.32 Å². The predicted octanol–water partition coefficient (Wildman–Crippen LogP) is 5.51. The van der Waals surface area contributed by atoms with E-state index in [1.54, 1.807) is 30.3 Å². The number of carbonyl (C=O) groups is 2. The third kappa shape index (κ3) is 4.33. The van der Waals surface area contributed by atoms with Gasteiger partial charge in [0.25, 0.3) is 5.91 Å². The van der Waals surface area contributed by atoms with E-state index in [2.05, 4.69) is 10.3 Å². The number of amides is 1. The fourth-order valence-corrected chi connectivity index (χ4v) is 3.25. The van der Waals surface area contributed by atoms with Crippen LogP contribution in [0.25, 0.3) is 22.3 Å². The number of carboxylic acid groups (broad SMARTS) is 1. The van der Waals surface area contributed by atoms with Gasteiger partial charge in [-0.1, -0.05) is 54.6 Å². The highest BCUT2D eigenvalue weighted by molar-refractivity contribution is 6.08. The van der Waals surface area contributed by atoms with Gasteiger partial charge in [-0.2, -0.15) is 0 Å². The predicted molar refractivity (Wildman–Crippen MR) is 116 cm³/mol. The number of hydrogen-bond acceptors (Lipinski definition) is 3. The first kappa shape index (κ1) is 20.0. The third-order valence-electron chi connectivity index (χ3n) is 4.79. The van der Waals surface area contributed by atoms with Crippen LogP contribution in [0.3, 0.4) is 0 Å². The maximum Gasteiger partial charge on any atom is 0.337 e. The summed E-state index contributed by atoms with van der Waals surface area (Å²) in [6.45, 7) is 0. The Morgan fingerprint density at radius 1 is 0.806 bits per heavy atom. The molecule has 152 valence electrons. The average Bonchev–Trinajstić information content (AvgIpc) is 2.80. The first-order valence-electron chi connectivity index (χ1n) is 9.47. The zero-order valence-electron chi connectivity index (χ0n) is 16.2. The van der Waals surface area contributed by atoms with Crippen LogP contribution >= 0.6 is 0 Å². The molecule has 0 unspecified atom stereocenters. The summed E-state index contributed by atoms with van der Waals surface area (Å²) in [6, 6.07) is 21.9. The van der Waals surface area contributed by atoms with Crippen molar-refractivity contribution in [1.29, 1.82) is 0 Å². The van der Waals surface area contributed by atoms with Crippen LogP contribution in [0.1, 0.15) is 20.7 Å². The Bertz CT molecular complexity index is 1270. The minimum atomic E-state index is -1.16. The van der Waals surface area contributed by atoms with Gasteiger partial charge in [0.2, 0.25) is 0 Å². The minimum absolute atomic E-state index is 0.0359. The molecule has 0 aliphatic heterocycles. The monoisotopic (exact) mass is 412 g/mol. The number of rotatable bonds is 5. The molecule has 4 rings (SSSR count). The van der Waals surface area contributed by atoms with Gasteiger partial charge in [-0.05, 0) is 35.4 Å². The van der Waals surface area contributed by atoms with Crippen LogP contribution in [0.15, 0.2) is 91.3 Å². The molecule has 0 fully saturated rings. The number of aromatic nitrogens is 1. The minimum Gasteiger partial charge on any atom is -0.478 e. The summed E-state index contributed by atoms with van der Waals surface area (Å²) >= 11 is 0. The number of benzene rings is 3. The van der Waals surface area contributed by atoms with Crippen molar-refractivity contribution in [3.8, 4) is 22.3 Å². The van der Waals surface area contributed by atoms with Gasteiger partial charge in [0.05, 0.1) is 16.8 Å². The second kappa shape index (κ2) is 8.59. The van der Waals surface area contributed by atoms with Crippen LogP contribution in [-0.2, 0) is 0 Å². The molecule has 0 bridgehead atoms. The van der Waals surface area contributed by atoms with Crippen molar-refractivity contribution in [2.45, 2.75) is 0 Å². The molecule has 1 amide bonds. The number of hydrogen-bond donors (Lipinski definition) is 2. The molecular formula is C25H17FN2O3. The lowest BCUT2D eigenvalue weighted by Crippen LogP contribution is -2.15. The summed E-state index contributed by atoms with van der Waals surface area (Å²) in [7, 11) is 0. The third-order valence-corrected chi connectivity index (χ3v) is 4.79. The summed E-state index contributed by atoms with van der Waals surface area (Å²) in [5.74, 6) is -2.13. The molecule has 31 heavy (non-hydrogen) atoms. The van der Waals surface area contributed by atoms with E-state index in [4.69, 9.17) is 0 Å². The van der Waals surface area contributed by atoms with Gasteiger partial charge < -0.3 is 10.4 Å². The highest BCUT2D eigenvalue weighted by atomic mass is 19.1. The standard InChI is InChI=1S/C25H17FN2O3/c26-22-9-5-4-8-20(22)18-12-19(15-27-14-18)24(29)28-23-13-17(10-11-21(23)25(30)31)16-6-2-1-3-7-16/h1-15H,(H,28,29)(H,30,31). The maximum atomic E-state index is 14.1. The molecule has 4 aromatic rings. The van der Waals surface area contributed by atoms with Crippen molar-refractivity contribution in [1.82, 2.24) is 4.98 Å². The van der Waals surface area contributed by atoms with Crippen LogP contribution in [0.4, 0.5) is 10.1 Å². The number of nitrogens with one attached hydrogen (secondary N) is 1. The molecule has 0 saturated carbocycles. The molecule has 5 nitrogen and oxygen atoms in total. The zero-order valence-corrected chi connectivity index (χ0v) is 16.2. The Morgan fingerprint density at radius 2 is 1.55 bits per heavy atom. The first-order chi connectivity index (χ1) is 15.0. The first-order valence-corrected chi connectivity index (χ1v) is 9.47. The Morgan fingerprint density at radius 3 is 2.29 bits per heavy atom. The van der Waals surface area contributed by atoms with E-state index >= 15 is 0 Å². The van der Waals surface area contributed by atoms with Crippen LogP contribution in [0.5, 0.6) is 0 Å². The number of pyridine rings is 1. The molecule has 0 atom stereocenters. The molecule has 0 aliphatic rings. The Balaban J connectivity index is 1.68. The summed E-state index contributed by atoms with van der Waals surface area (Å²) in [4.78, 5) is 28.6. The number of anilines is 1. The van der Waals surface area contributed by atoms with Crippen LogP contribution in [0, 0.1) is 5.82 Å². The lowest BCUT2D eigenvalue weighted by Gasteiger charge is -2.12. The molecule has 3 aromatic carbocycles. The van der Waals surface area contributed by atoms with E-state index in [0.717, 1.165) is 11.1 Å². The molecule has 0 aliphatic carbocycles. The van der Waals surface area contributed by atoms with E-state index < -0.39 is 17.7 Å². The van der Waals surface area contributed by atoms with Crippen molar-refractivity contribution in [3.05, 3.63) is 108 Å². The lowest BCUT2D eigenvalue weighted by atomic mass is 10.0. The fourth-order valence-electron chi connectivity index (χ4n) is 3.25. The Labute approximate surface area is 177 Å². The molecule has 6 heteroatoms. The van der Waals surface area contributed by atoms with Gasteiger partial charge in [0.1, 0.15) is 5.82 Å². The summed E-state index contributed by atoms with van der Waals surface area (Å²) < 4.78 is 14.1. The second-order valence-corrected chi connectivity index (χ2v) is 6.83. The lowest BCUT2D eigenvalue weighted by molar-refractivity contribution is 0.0698.